The number of aromatic nitrogens is 4. The highest BCUT2D eigenvalue weighted by molar-refractivity contribution is 7.80. The number of aromatic amines is 2. The maximum absolute atomic E-state index is 13.5. The number of H-pyrrole nitrogens is 2. The molecule has 17 heteroatoms. The number of carboxylic acid groups (broad SMARTS) is 1. The van der Waals surface area contributed by atoms with Crippen LogP contribution >= 0.6 is 12.6 Å². The van der Waals surface area contributed by atoms with Gasteiger partial charge in [0.1, 0.15) is 24.2 Å². The Morgan fingerprint density at radius 2 is 1.29 bits per heavy atom. The molecule has 0 bridgehead atoms. The molecule has 11 N–H and O–H groups in total. The molecule has 2 heterocycles. The van der Waals surface area contributed by atoms with Crippen LogP contribution in [0.2, 0.25) is 0 Å². The van der Waals surface area contributed by atoms with Gasteiger partial charge in [0.05, 0.1) is 18.7 Å². The quantitative estimate of drug-likeness (QED) is 0.0632. The molecule has 5 atom stereocenters. The SMILES string of the molecule is C[C@H](N)C(=O)N[C@@H](CS)C(=O)N[C@@H](Cc1cnc[nH]1)C(=O)N[C@@H](Cc1cnc[nH]1)C(=O)N[C@@H](CCCCN)C(=O)O. The average Bonchev–Trinajstić information content (AvgIpc) is 3.64. The lowest BCUT2D eigenvalue weighted by molar-refractivity contribution is -0.142. The Balaban J connectivity index is 2.25. The molecule has 0 radical (unpaired) electrons. The molecule has 0 spiro atoms. The van der Waals surface area contributed by atoms with Crippen molar-refractivity contribution in [3.8, 4) is 0 Å². The van der Waals surface area contributed by atoms with Crippen molar-refractivity contribution in [2.75, 3.05) is 12.3 Å². The lowest BCUT2D eigenvalue weighted by Gasteiger charge is -2.25. The minimum absolute atomic E-state index is 0.0344. The van der Waals surface area contributed by atoms with E-state index in [0.717, 1.165) is 0 Å². The zero-order valence-corrected chi connectivity index (χ0v) is 23.5. The van der Waals surface area contributed by atoms with Crippen molar-refractivity contribution < 1.29 is 29.1 Å². The highest BCUT2D eigenvalue weighted by Gasteiger charge is 2.32. The third kappa shape index (κ3) is 11.2. The number of carbonyl (C=O) groups excluding carboxylic acids is 4. The summed E-state index contributed by atoms with van der Waals surface area (Å²) in [4.78, 5) is 77.1. The fraction of sp³-hybridized carbons (Fsp3) is 0.542. The van der Waals surface area contributed by atoms with Crippen LogP contribution in [0.3, 0.4) is 0 Å². The lowest BCUT2D eigenvalue weighted by atomic mass is 10.1. The topological polar surface area (TPSA) is 263 Å². The van der Waals surface area contributed by atoms with Crippen molar-refractivity contribution in [3.05, 3.63) is 36.4 Å². The van der Waals surface area contributed by atoms with Gasteiger partial charge in [-0.2, -0.15) is 12.6 Å². The summed E-state index contributed by atoms with van der Waals surface area (Å²) in [5.41, 5.74) is 12.1. The largest absolute Gasteiger partial charge is 0.480 e. The summed E-state index contributed by atoms with van der Waals surface area (Å²) in [5.74, 6) is -4.05. The normalized spacial score (nSPS) is 14.6. The van der Waals surface area contributed by atoms with Crippen LogP contribution < -0.4 is 32.7 Å². The number of thiol groups is 1. The van der Waals surface area contributed by atoms with Crippen LogP contribution in [0.25, 0.3) is 0 Å². The van der Waals surface area contributed by atoms with Gasteiger partial charge >= 0.3 is 5.97 Å². The number of aliphatic carboxylic acids is 1. The van der Waals surface area contributed by atoms with E-state index < -0.39 is 59.8 Å². The van der Waals surface area contributed by atoms with Crippen LogP contribution in [-0.2, 0) is 36.8 Å². The molecule has 2 aromatic rings. The van der Waals surface area contributed by atoms with E-state index in [1.807, 2.05) is 0 Å². The Bertz CT molecular complexity index is 1130. The molecule has 16 nitrogen and oxygen atoms in total. The Kier molecular flexibility index (Phi) is 13.8. The van der Waals surface area contributed by atoms with Gasteiger partial charge in [0.2, 0.25) is 23.6 Å². The Hall–Kier alpha value is -3.96. The molecular formula is C24H38N10O6S. The van der Waals surface area contributed by atoms with Crippen molar-refractivity contribution in [1.29, 1.82) is 0 Å². The van der Waals surface area contributed by atoms with E-state index in [2.05, 4.69) is 53.8 Å². The van der Waals surface area contributed by atoms with Gasteiger partial charge < -0.3 is 47.8 Å². The number of carbonyl (C=O) groups is 5. The van der Waals surface area contributed by atoms with Gasteiger partial charge in [0.15, 0.2) is 0 Å². The first-order valence-electron chi connectivity index (χ1n) is 13.0. The molecule has 0 aliphatic heterocycles. The maximum Gasteiger partial charge on any atom is 0.326 e. The summed E-state index contributed by atoms with van der Waals surface area (Å²) in [7, 11) is 0. The van der Waals surface area contributed by atoms with Gasteiger partial charge in [-0.25, -0.2) is 14.8 Å². The van der Waals surface area contributed by atoms with E-state index >= 15 is 0 Å². The number of hydrogen-bond donors (Lipinski definition) is 10. The van der Waals surface area contributed by atoms with Crippen LogP contribution in [0, 0.1) is 0 Å². The van der Waals surface area contributed by atoms with Crippen LogP contribution in [0.1, 0.15) is 37.6 Å². The van der Waals surface area contributed by atoms with Crippen molar-refractivity contribution in [2.45, 2.75) is 69.2 Å². The zero-order valence-electron chi connectivity index (χ0n) is 22.6. The highest BCUT2D eigenvalue weighted by Crippen LogP contribution is 2.07. The number of nitrogens with one attached hydrogen (secondary N) is 6. The molecule has 0 saturated carbocycles. The third-order valence-corrected chi connectivity index (χ3v) is 6.38. The molecule has 0 fully saturated rings. The van der Waals surface area contributed by atoms with E-state index in [1.165, 1.54) is 32.0 Å². The van der Waals surface area contributed by atoms with Crippen LogP contribution in [-0.4, -0.2) is 97.1 Å². The van der Waals surface area contributed by atoms with Gasteiger partial charge in [0, 0.05) is 42.4 Å². The molecule has 226 valence electrons. The molecule has 0 unspecified atom stereocenters. The van der Waals surface area contributed by atoms with Gasteiger partial charge in [-0.05, 0) is 32.7 Å². The molecule has 0 saturated heterocycles. The smallest absolute Gasteiger partial charge is 0.326 e. The monoisotopic (exact) mass is 594 g/mol. The van der Waals surface area contributed by atoms with Gasteiger partial charge in [-0.1, -0.05) is 0 Å². The van der Waals surface area contributed by atoms with Crippen molar-refractivity contribution in [2.24, 2.45) is 11.5 Å². The summed E-state index contributed by atoms with van der Waals surface area (Å²) in [6.45, 7) is 1.83. The molecule has 2 aromatic heterocycles. The molecule has 4 amide bonds. The fourth-order valence-electron chi connectivity index (χ4n) is 3.72. The number of carboxylic acids is 1. The molecule has 2 rings (SSSR count). The second-order valence-corrected chi connectivity index (χ2v) is 9.77. The standard InChI is InChI=1S/C24H38N10O6S/c1-13(26)20(35)34-19(10-41)23(38)33-18(7-15-9-28-12-30-15)22(37)32-17(6-14-8-27-11-29-14)21(36)31-16(24(39)40)4-2-3-5-25/h8-9,11-13,16-19,41H,2-7,10,25-26H2,1H3,(H,27,29)(H,28,30)(H,31,36)(H,32,37)(H,33,38)(H,34,35)(H,39,40)/t13-,16-,17-,18-,19-/m0/s1. The molecule has 0 aliphatic rings. The van der Waals surface area contributed by atoms with E-state index in [0.29, 0.717) is 30.8 Å². The number of rotatable bonds is 18. The number of imidazole rings is 2. The molecule has 0 aromatic carbocycles. The first-order valence-corrected chi connectivity index (χ1v) is 13.6. The Labute approximate surface area is 242 Å². The fourth-order valence-corrected chi connectivity index (χ4v) is 3.97. The average molecular weight is 595 g/mol. The predicted molar refractivity (Wildman–Crippen MR) is 150 cm³/mol. The molecular weight excluding hydrogens is 556 g/mol. The lowest BCUT2D eigenvalue weighted by Crippen LogP contribution is -2.59. The van der Waals surface area contributed by atoms with E-state index in [-0.39, 0.29) is 25.0 Å². The van der Waals surface area contributed by atoms with E-state index in [4.69, 9.17) is 11.5 Å². The van der Waals surface area contributed by atoms with Gasteiger partial charge in [-0.3, -0.25) is 19.2 Å². The molecule has 0 aliphatic carbocycles. The van der Waals surface area contributed by atoms with Crippen LogP contribution in [0.4, 0.5) is 0 Å². The van der Waals surface area contributed by atoms with Gasteiger partial charge in [-0.15, -0.1) is 0 Å². The Morgan fingerprint density at radius 3 is 1.68 bits per heavy atom. The summed E-state index contributed by atoms with van der Waals surface area (Å²) >= 11 is 4.12. The second-order valence-electron chi connectivity index (χ2n) is 9.40. The summed E-state index contributed by atoms with van der Waals surface area (Å²) in [5, 5.41) is 19.7. The minimum Gasteiger partial charge on any atom is -0.480 e. The maximum atomic E-state index is 13.5. The second kappa shape index (κ2) is 17.0. The summed E-state index contributed by atoms with van der Waals surface area (Å²) < 4.78 is 0. The number of unbranched alkanes of at least 4 members (excludes halogenated alkanes) is 1. The van der Waals surface area contributed by atoms with Gasteiger partial charge in [0.25, 0.3) is 0 Å². The van der Waals surface area contributed by atoms with Crippen molar-refractivity contribution in [1.82, 2.24) is 41.2 Å². The number of hydrogen-bond acceptors (Lipinski definition) is 10. The highest BCUT2D eigenvalue weighted by atomic mass is 32.1. The Morgan fingerprint density at radius 1 is 0.829 bits per heavy atom. The minimum atomic E-state index is -1.22. The first-order chi connectivity index (χ1) is 19.5. The molecule has 41 heavy (non-hydrogen) atoms. The first kappa shape index (κ1) is 33.2. The predicted octanol–water partition coefficient (Wildman–Crippen LogP) is -2.65. The van der Waals surface area contributed by atoms with Crippen LogP contribution in [0.15, 0.2) is 25.0 Å². The number of nitrogens with zero attached hydrogens (tertiary/aromatic N) is 2. The number of amides is 4. The van der Waals surface area contributed by atoms with Crippen LogP contribution in [0.5, 0.6) is 0 Å². The third-order valence-electron chi connectivity index (χ3n) is 6.01. The van der Waals surface area contributed by atoms with E-state index in [9.17, 15) is 29.1 Å². The number of nitrogens with two attached hydrogens (primary N) is 2. The van der Waals surface area contributed by atoms with Crippen molar-refractivity contribution in [3.63, 3.8) is 0 Å². The van der Waals surface area contributed by atoms with Crippen molar-refractivity contribution >= 4 is 42.2 Å². The van der Waals surface area contributed by atoms with E-state index in [1.54, 1.807) is 0 Å². The summed E-state index contributed by atoms with van der Waals surface area (Å²) in [6.07, 6.45) is 6.87. The zero-order chi connectivity index (χ0) is 30.4. The summed E-state index contributed by atoms with van der Waals surface area (Å²) in [6, 6.07) is -5.60.